The van der Waals surface area contributed by atoms with Gasteiger partial charge >= 0.3 is 0 Å². The second kappa shape index (κ2) is 6.87. The highest BCUT2D eigenvalue weighted by Crippen LogP contribution is 2.05. The summed E-state index contributed by atoms with van der Waals surface area (Å²) in [5.74, 6) is 0.575. The Kier molecular flexibility index (Phi) is 4.91. The van der Waals surface area contributed by atoms with Crippen LogP contribution in [0.15, 0.2) is 61.1 Å². The van der Waals surface area contributed by atoms with Gasteiger partial charge in [-0.15, -0.1) is 0 Å². The van der Waals surface area contributed by atoms with Crippen molar-refractivity contribution in [1.82, 2.24) is 0 Å². The topological polar surface area (TPSA) is 22.3 Å². The third kappa shape index (κ3) is 4.52. The molecule has 0 amide bonds. The van der Waals surface area contributed by atoms with E-state index in [4.69, 9.17) is 9.57 Å². The maximum absolute atomic E-state index is 5.59. The lowest BCUT2D eigenvalue weighted by Crippen LogP contribution is -2.41. The van der Waals surface area contributed by atoms with E-state index in [2.05, 4.69) is 25.6 Å². The molecule has 0 fully saturated rings. The van der Waals surface area contributed by atoms with Crippen molar-refractivity contribution in [1.29, 1.82) is 0 Å². The Bertz CT molecular complexity index is 576. The molecule has 1 aromatic heterocycles. The average molecular weight is 270 g/mol. The van der Waals surface area contributed by atoms with Crippen LogP contribution in [-0.4, -0.2) is 6.61 Å². The lowest BCUT2D eigenvalue weighted by molar-refractivity contribution is -0.880. The van der Waals surface area contributed by atoms with Gasteiger partial charge in [0.2, 0.25) is 12.4 Å². The van der Waals surface area contributed by atoms with Crippen LogP contribution >= 0.6 is 0 Å². The number of rotatable bonds is 6. The molecule has 2 rings (SSSR count). The number of aromatic nitrogens is 1. The fourth-order valence-corrected chi connectivity index (χ4v) is 1.81. The van der Waals surface area contributed by atoms with E-state index in [9.17, 15) is 0 Å². The zero-order valence-corrected chi connectivity index (χ0v) is 12.0. The van der Waals surface area contributed by atoms with Crippen LogP contribution < -0.4 is 9.57 Å². The quantitative estimate of drug-likeness (QED) is 0.595. The fourth-order valence-electron chi connectivity index (χ4n) is 1.81. The van der Waals surface area contributed by atoms with Gasteiger partial charge in [-0.25, -0.2) is 4.84 Å². The van der Waals surface area contributed by atoms with E-state index in [1.807, 2.05) is 43.6 Å². The molecule has 0 aliphatic rings. The molecule has 3 nitrogen and oxygen atoms in total. The first-order valence-corrected chi connectivity index (χ1v) is 6.61. The third-order valence-corrected chi connectivity index (χ3v) is 2.82. The minimum absolute atomic E-state index is 0.370. The first-order chi connectivity index (χ1) is 9.63. The first-order valence-electron chi connectivity index (χ1n) is 6.61. The van der Waals surface area contributed by atoms with Crippen LogP contribution in [0.4, 0.5) is 0 Å². The molecular formula is C17H20NO2+. The molecule has 0 saturated carbocycles. The van der Waals surface area contributed by atoms with Gasteiger partial charge < -0.3 is 4.74 Å². The summed E-state index contributed by atoms with van der Waals surface area (Å²) in [6.45, 7) is 8.88. The van der Waals surface area contributed by atoms with Crippen LogP contribution in [0.5, 0.6) is 0 Å². The maximum atomic E-state index is 5.59. The molecule has 0 spiro atoms. The van der Waals surface area contributed by atoms with Gasteiger partial charge in [-0.2, -0.15) is 0 Å². The van der Waals surface area contributed by atoms with E-state index in [0.717, 1.165) is 5.56 Å². The van der Waals surface area contributed by atoms with Crippen molar-refractivity contribution in [2.24, 2.45) is 0 Å². The molecule has 2 aromatic rings. The van der Waals surface area contributed by atoms with E-state index in [0.29, 0.717) is 19.0 Å². The van der Waals surface area contributed by atoms with Crippen molar-refractivity contribution in [2.45, 2.75) is 20.5 Å². The molecule has 0 saturated heterocycles. The zero-order chi connectivity index (χ0) is 14.4. The van der Waals surface area contributed by atoms with Gasteiger partial charge in [0.25, 0.3) is 0 Å². The molecule has 0 radical (unpaired) electrons. The van der Waals surface area contributed by atoms with Crippen LogP contribution in [0.3, 0.4) is 0 Å². The van der Waals surface area contributed by atoms with Crippen molar-refractivity contribution in [3.63, 3.8) is 0 Å². The maximum Gasteiger partial charge on any atom is 0.223 e. The summed E-state index contributed by atoms with van der Waals surface area (Å²) in [6.07, 6.45) is 3.70. The van der Waals surface area contributed by atoms with Crippen molar-refractivity contribution >= 4 is 0 Å². The molecular weight excluding hydrogens is 250 g/mol. The minimum atomic E-state index is 0.370. The highest BCUT2D eigenvalue weighted by Gasteiger charge is 2.05. The zero-order valence-electron chi connectivity index (χ0n) is 12.0. The summed E-state index contributed by atoms with van der Waals surface area (Å²) in [4.78, 5) is 5.53. The molecule has 0 aliphatic carbocycles. The highest BCUT2D eigenvalue weighted by atomic mass is 16.7. The number of benzene rings is 1. The predicted octanol–water partition coefficient (Wildman–Crippen LogP) is 2.75. The third-order valence-electron chi connectivity index (χ3n) is 2.82. The van der Waals surface area contributed by atoms with Crippen molar-refractivity contribution in [3.8, 4) is 0 Å². The summed E-state index contributed by atoms with van der Waals surface area (Å²) >= 11 is 0. The van der Waals surface area contributed by atoms with Crippen molar-refractivity contribution in [3.05, 3.63) is 77.8 Å². The molecule has 1 aromatic carbocycles. The van der Waals surface area contributed by atoms with Crippen molar-refractivity contribution in [2.75, 3.05) is 6.61 Å². The predicted molar refractivity (Wildman–Crippen MR) is 77.9 cm³/mol. The van der Waals surface area contributed by atoms with E-state index in [-0.39, 0.29) is 0 Å². The second-order valence-corrected chi connectivity index (χ2v) is 4.85. The summed E-state index contributed by atoms with van der Waals surface area (Å²) in [5.41, 5.74) is 3.57. The van der Waals surface area contributed by atoms with Crippen LogP contribution in [0.2, 0.25) is 0 Å². The van der Waals surface area contributed by atoms with E-state index < -0.39 is 0 Å². The summed E-state index contributed by atoms with van der Waals surface area (Å²) in [6, 6.07) is 12.2. The molecule has 0 aliphatic heterocycles. The Morgan fingerprint density at radius 1 is 1.10 bits per heavy atom. The Hall–Kier alpha value is -2.13. The van der Waals surface area contributed by atoms with E-state index in [1.54, 1.807) is 4.73 Å². The summed E-state index contributed by atoms with van der Waals surface area (Å²) in [7, 11) is 0. The fraction of sp³-hybridized carbons (Fsp3) is 0.235. The van der Waals surface area contributed by atoms with Crippen LogP contribution in [0.1, 0.15) is 16.7 Å². The average Bonchev–Trinajstić information content (AvgIpc) is 2.41. The standard InChI is InChI=1S/C17H20NO2/c1-14-7-9-18(10-8-14)20-16(3)12-19-13-17-6-4-5-15(2)11-17/h4-11H,3,12-13H2,1-2H3/q+1. The largest absolute Gasteiger partial charge is 0.369 e. The SMILES string of the molecule is C=C(COCc1cccc(C)c1)O[n+]1ccc(C)cc1. The molecule has 104 valence electrons. The van der Waals surface area contributed by atoms with Crippen LogP contribution in [0, 0.1) is 13.8 Å². The molecule has 3 heteroatoms. The van der Waals surface area contributed by atoms with E-state index in [1.165, 1.54) is 11.1 Å². The van der Waals surface area contributed by atoms with Gasteiger partial charge in [-0.1, -0.05) is 36.4 Å². The monoisotopic (exact) mass is 270 g/mol. The molecule has 20 heavy (non-hydrogen) atoms. The first kappa shape index (κ1) is 14.3. The number of nitrogens with zero attached hydrogens (tertiary/aromatic N) is 1. The second-order valence-electron chi connectivity index (χ2n) is 4.85. The van der Waals surface area contributed by atoms with Gasteiger partial charge in [0.05, 0.1) is 6.61 Å². The Labute approximate surface area is 120 Å². The minimum Gasteiger partial charge on any atom is -0.369 e. The highest BCUT2D eigenvalue weighted by molar-refractivity contribution is 5.21. The molecule has 0 unspecified atom stereocenters. The number of hydrogen-bond acceptors (Lipinski definition) is 2. The van der Waals surface area contributed by atoms with Gasteiger partial charge in [-0.05, 0) is 25.0 Å². The van der Waals surface area contributed by atoms with E-state index >= 15 is 0 Å². The molecule has 0 N–H and O–H groups in total. The number of aryl methyl sites for hydroxylation is 2. The summed E-state index contributed by atoms with van der Waals surface area (Å²) in [5, 5.41) is 0. The van der Waals surface area contributed by atoms with Crippen LogP contribution in [0.25, 0.3) is 0 Å². The Balaban J connectivity index is 1.76. The number of pyridine rings is 1. The number of hydrogen-bond donors (Lipinski definition) is 0. The molecule has 0 atom stereocenters. The Morgan fingerprint density at radius 3 is 2.55 bits per heavy atom. The molecule has 1 heterocycles. The lowest BCUT2D eigenvalue weighted by Gasteiger charge is -2.05. The van der Waals surface area contributed by atoms with Gasteiger partial charge in [-0.3, -0.25) is 0 Å². The normalized spacial score (nSPS) is 10.3. The Morgan fingerprint density at radius 2 is 1.85 bits per heavy atom. The van der Waals surface area contributed by atoms with Gasteiger partial charge in [0.15, 0.2) is 5.76 Å². The molecule has 0 bridgehead atoms. The van der Waals surface area contributed by atoms with Gasteiger partial charge in [0, 0.05) is 16.9 Å². The van der Waals surface area contributed by atoms with Crippen molar-refractivity contribution < 1.29 is 14.3 Å². The summed E-state index contributed by atoms with van der Waals surface area (Å²) < 4.78 is 7.21. The van der Waals surface area contributed by atoms with Gasteiger partial charge in [0.1, 0.15) is 6.61 Å². The smallest absolute Gasteiger partial charge is 0.223 e. The van der Waals surface area contributed by atoms with Crippen LogP contribution in [-0.2, 0) is 11.3 Å². The lowest BCUT2D eigenvalue weighted by atomic mass is 10.1. The number of ether oxygens (including phenoxy) is 1.